The molecule has 0 aliphatic heterocycles. The second-order valence-electron chi connectivity index (χ2n) is 8.89. The summed E-state index contributed by atoms with van der Waals surface area (Å²) in [6, 6.07) is 13.3. The highest BCUT2D eigenvalue weighted by Crippen LogP contribution is 2.34. The molecular formula is C29H34N2O5S. The third kappa shape index (κ3) is 6.25. The van der Waals surface area contributed by atoms with Crippen molar-refractivity contribution < 1.29 is 24.1 Å². The molecule has 0 fully saturated rings. The molecule has 4 aromatic rings. The van der Waals surface area contributed by atoms with Crippen LogP contribution in [0.1, 0.15) is 50.1 Å². The summed E-state index contributed by atoms with van der Waals surface area (Å²) in [6.45, 7) is 9.52. The average molecular weight is 523 g/mol. The van der Waals surface area contributed by atoms with Crippen molar-refractivity contribution in [2.24, 2.45) is 0 Å². The molecule has 1 atom stereocenters. The number of carbonyl (C=O) groups is 1. The lowest BCUT2D eigenvalue weighted by atomic mass is 10.1. The van der Waals surface area contributed by atoms with Gasteiger partial charge in [0.2, 0.25) is 5.88 Å². The van der Waals surface area contributed by atoms with E-state index in [4.69, 9.17) is 14.2 Å². The van der Waals surface area contributed by atoms with Gasteiger partial charge >= 0.3 is 5.97 Å². The van der Waals surface area contributed by atoms with Crippen LogP contribution in [0, 0.1) is 6.92 Å². The van der Waals surface area contributed by atoms with E-state index >= 15 is 0 Å². The monoisotopic (exact) mass is 522 g/mol. The minimum atomic E-state index is -0.858. The van der Waals surface area contributed by atoms with Crippen molar-refractivity contribution in [1.29, 1.82) is 0 Å². The van der Waals surface area contributed by atoms with Crippen LogP contribution >= 0.6 is 11.3 Å². The molecule has 2 aromatic heterocycles. The Morgan fingerprint density at radius 2 is 1.89 bits per heavy atom. The number of rotatable bonds is 13. The minimum absolute atomic E-state index is 0.525. The van der Waals surface area contributed by atoms with Gasteiger partial charge in [0.05, 0.1) is 24.7 Å². The Hall–Kier alpha value is -3.52. The van der Waals surface area contributed by atoms with Crippen molar-refractivity contribution in [3.63, 3.8) is 0 Å². The highest BCUT2D eigenvalue weighted by Gasteiger charge is 2.15. The fourth-order valence-corrected chi connectivity index (χ4v) is 5.07. The standard InChI is InChI=1S/C29H34N2O5S/c1-5-8-22-17-23(28-30-27(34-6-2)20(4)37-28)9-12-26(22)36-16-7-15-35-24-10-11-25-21(18-24)13-14-31(25)19(3)29(32)33/h9-14,17-19H,5-8,15-16H2,1-4H3,(H,32,33)/t19-/m1/s1. The molecule has 0 aliphatic carbocycles. The van der Waals surface area contributed by atoms with Gasteiger partial charge < -0.3 is 23.9 Å². The zero-order valence-corrected chi connectivity index (χ0v) is 22.6. The van der Waals surface area contributed by atoms with Crippen LogP contribution in [0.3, 0.4) is 0 Å². The second-order valence-corrected chi connectivity index (χ2v) is 10.1. The van der Waals surface area contributed by atoms with Crippen LogP contribution in [-0.4, -0.2) is 40.4 Å². The average Bonchev–Trinajstić information content (AvgIpc) is 3.47. The Balaban J connectivity index is 1.33. The summed E-state index contributed by atoms with van der Waals surface area (Å²) in [6.07, 6.45) is 4.50. The molecule has 0 spiro atoms. The predicted molar refractivity (Wildman–Crippen MR) is 147 cm³/mol. The van der Waals surface area contributed by atoms with Gasteiger partial charge in [-0.2, -0.15) is 0 Å². The fourth-order valence-electron chi connectivity index (χ4n) is 4.21. The van der Waals surface area contributed by atoms with E-state index in [2.05, 4.69) is 24.0 Å². The Kier molecular flexibility index (Phi) is 8.71. The number of hydrogen-bond donors (Lipinski definition) is 1. The van der Waals surface area contributed by atoms with Crippen LogP contribution in [0.15, 0.2) is 48.7 Å². The lowest BCUT2D eigenvalue weighted by Gasteiger charge is -2.13. The van der Waals surface area contributed by atoms with Crippen molar-refractivity contribution in [3.05, 3.63) is 59.1 Å². The Morgan fingerprint density at radius 1 is 1.08 bits per heavy atom. The molecule has 7 nitrogen and oxygen atoms in total. The largest absolute Gasteiger partial charge is 0.493 e. The molecule has 0 radical (unpaired) electrons. The smallest absolute Gasteiger partial charge is 0.326 e. The van der Waals surface area contributed by atoms with Crippen molar-refractivity contribution in [2.45, 2.75) is 53.0 Å². The van der Waals surface area contributed by atoms with Crippen LogP contribution in [-0.2, 0) is 11.2 Å². The number of hydrogen-bond acceptors (Lipinski definition) is 6. The maximum Gasteiger partial charge on any atom is 0.326 e. The third-order valence-electron chi connectivity index (χ3n) is 6.14. The Bertz CT molecular complexity index is 1360. The summed E-state index contributed by atoms with van der Waals surface area (Å²) in [5.74, 6) is 1.52. The van der Waals surface area contributed by atoms with E-state index in [0.29, 0.717) is 25.7 Å². The first-order valence-corrected chi connectivity index (χ1v) is 13.5. The number of thiazole rings is 1. The van der Waals surface area contributed by atoms with Gasteiger partial charge in [-0.05, 0) is 75.2 Å². The molecule has 0 amide bonds. The van der Waals surface area contributed by atoms with E-state index < -0.39 is 12.0 Å². The number of benzene rings is 2. The normalized spacial score (nSPS) is 12.0. The summed E-state index contributed by atoms with van der Waals surface area (Å²) < 4.78 is 19.4. The number of fused-ring (bicyclic) bond motifs is 1. The minimum Gasteiger partial charge on any atom is -0.493 e. The predicted octanol–water partition coefficient (Wildman–Crippen LogP) is 6.92. The molecule has 4 rings (SSSR count). The lowest BCUT2D eigenvalue weighted by molar-refractivity contribution is -0.140. The third-order valence-corrected chi connectivity index (χ3v) is 7.14. The zero-order valence-electron chi connectivity index (χ0n) is 21.8. The molecular weight excluding hydrogens is 488 g/mol. The zero-order chi connectivity index (χ0) is 26.4. The molecule has 0 saturated carbocycles. The maximum atomic E-state index is 11.3. The number of aryl methyl sites for hydroxylation is 2. The van der Waals surface area contributed by atoms with Gasteiger partial charge in [0.15, 0.2) is 0 Å². The number of ether oxygens (including phenoxy) is 3. The van der Waals surface area contributed by atoms with Gasteiger partial charge in [-0.25, -0.2) is 9.78 Å². The SMILES string of the molecule is CCCc1cc(-c2nc(OCC)c(C)s2)ccc1OCCCOc1ccc2c(ccn2[C@H](C)C(=O)O)c1. The first kappa shape index (κ1) is 26.5. The highest BCUT2D eigenvalue weighted by molar-refractivity contribution is 7.15. The van der Waals surface area contributed by atoms with Gasteiger partial charge in [0, 0.05) is 29.1 Å². The fraction of sp³-hybridized carbons (Fsp3) is 0.379. The van der Waals surface area contributed by atoms with E-state index in [0.717, 1.165) is 57.1 Å². The van der Waals surface area contributed by atoms with Gasteiger partial charge in [-0.15, -0.1) is 11.3 Å². The van der Waals surface area contributed by atoms with Crippen LogP contribution in [0.5, 0.6) is 17.4 Å². The van der Waals surface area contributed by atoms with Crippen molar-refractivity contribution in [1.82, 2.24) is 9.55 Å². The van der Waals surface area contributed by atoms with Crippen molar-refractivity contribution >= 4 is 28.2 Å². The molecule has 0 bridgehead atoms. The summed E-state index contributed by atoms with van der Waals surface area (Å²) in [7, 11) is 0. The lowest BCUT2D eigenvalue weighted by Crippen LogP contribution is -2.14. The molecule has 1 N–H and O–H groups in total. The highest BCUT2D eigenvalue weighted by atomic mass is 32.1. The molecule has 8 heteroatoms. The first-order chi connectivity index (χ1) is 17.9. The van der Waals surface area contributed by atoms with E-state index in [1.54, 1.807) is 29.0 Å². The summed E-state index contributed by atoms with van der Waals surface area (Å²) >= 11 is 1.65. The number of aliphatic carboxylic acids is 1. The number of nitrogens with zero attached hydrogens (tertiary/aromatic N) is 2. The molecule has 0 saturated heterocycles. The van der Waals surface area contributed by atoms with Crippen LogP contribution in [0.2, 0.25) is 0 Å². The Labute approximate surface area is 221 Å². The van der Waals surface area contributed by atoms with Gasteiger partial charge in [-0.1, -0.05) is 13.3 Å². The van der Waals surface area contributed by atoms with Crippen LogP contribution < -0.4 is 14.2 Å². The topological polar surface area (TPSA) is 82.8 Å². The van der Waals surface area contributed by atoms with Gasteiger partial charge in [-0.3, -0.25) is 0 Å². The number of carboxylic acids is 1. The van der Waals surface area contributed by atoms with Gasteiger partial charge in [0.1, 0.15) is 22.5 Å². The van der Waals surface area contributed by atoms with E-state index in [1.807, 2.05) is 44.2 Å². The van der Waals surface area contributed by atoms with Crippen LogP contribution in [0.25, 0.3) is 21.5 Å². The molecule has 196 valence electrons. The maximum absolute atomic E-state index is 11.3. The molecule has 2 heterocycles. The van der Waals surface area contributed by atoms with E-state index in [9.17, 15) is 9.90 Å². The van der Waals surface area contributed by atoms with Crippen LogP contribution in [0.4, 0.5) is 0 Å². The molecule has 0 unspecified atom stereocenters. The van der Waals surface area contributed by atoms with E-state index in [1.165, 1.54) is 5.56 Å². The summed E-state index contributed by atoms with van der Waals surface area (Å²) in [4.78, 5) is 17.1. The Morgan fingerprint density at radius 3 is 2.65 bits per heavy atom. The molecule has 37 heavy (non-hydrogen) atoms. The number of aromatic nitrogens is 2. The summed E-state index contributed by atoms with van der Waals surface area (Å²) in [5, 5.41) is 11.2. The quantitative estimate of drug-likeness (QED) is 0.192. The molecule has 0 aliphatic rings. The van der Waals surface area contributed by atoms with Gasteiger partial charge in [0.25, 0.3) is 0 Å². The van der Waals surface area contributed by atoms with Crippen molar-refractivity contribution in [2.75, 3.05) is 19.8 Å². The first-order valence-electron chi connectivity index (χ1n) is 12.7. The van der Waals surface area contributed by atoms with Crippen molar-refractivity contribution in [3.8, 4) is 28.0 Å². The number of carboxylic acid groups (broad SMARTS) is 1. The molecule has 2 aromatic carbocycles. The van der Waals surface area contributed by atoms with E-state index in [-0.39, 0.29) is 0 Å². The second kappa shape index (κ2) is 12.1. The summed E-state index contributed by atoms with van der Waals surface area (Å²) in [5.41, 5.74) is 3.14.